The van der Waals surface area contributed by atoms with Gasteiger partial charge in [-0.25, -0.2) is 4.79 Å². The fraction of sp³-hybridized carbons (Fsp3) is 0.429. The zero-order valence-electron chi connectivity index (χ0n) is 11.1. The van der Waals surface area contributed by atoms with Crippen molar-refractivity contribution in [3.8, 4) is 0 Å². The van der Waals surface area contributed by atoms with Crippen LogP contribution >= 0.6 is 11.6 Å². The monoisotopic (exact) mass is 296 g/mol. The van der Waals surface area contributed by atoms with Crippen molar-refractivity contribution in [2.45, 2.75) is 19.3 Å². The zero-order valence-corrected chi connectivity index (χ0v) is 11.9. The first-order valence-electron chi connectivity index (χ1n) is 6.58. The zero-order chi connectivity index (χ0) is 14.5. The maximum Gasteiger partial charge on any atom is 0.340 e. The number of nitrogens with two attached hydrogens (primary N) is 1. The maximum atomic E-state index is 11.9. The maximum absolute atomic E-state index is 11.9. The van der Waals surface area contributed by atoms with Crippen molar-refractivity contribution in [1.29, 1.82) is 0 Å². The van der Waals surface area contributed by atoms with E-state index in [0.29, 0.717) is 5.69 Å². The third kappa shape index (κ3) is 3.63. The first-order valence-corrected chi connectivity index (χ1v) is 6.95. The standard InChI is InChI=1S/C14H17ClN2O3/c15-12-8-10(16)4-5-11(12)14(19)20-9-13(18)17-6-2-1-3-7-17/h4-5,8H,1-3,6-7,9,16H2. The fourth-order valence-electron chi connectivity index (χ4n) is 2.14. The number of carbonyl (C=O) groups excluding carboxylic acids is 2. The lowest BCUT2D eigenvalue weighted by molar-refractivity contribution is -0.135. The molecule has 1 heterocycles. The van der Waals surface area contributed by atoms with Crippen molar-refractivity contribution in [3.63, 3.8) is 0 Å². The van der Waals surface area contributed by atoms with Gasteiger partial charge in [-0.05, 0) is 37.5 Å². The van der Waals surface area contributed by atoms with Crippen LogP contribution in [0.1, 0.15) is 29.6 Å². The summed E-state index contributed by atoms with van der Waals surface area (Å²) < 4.78 is 5.01. The van der Waals surface area contributed by atoms with Crippen molar-refractivity contribution in [1.82, 2.24) is 4.90 Å². The summed E-state index contributed by atoms with van der Waals surface area (Å²) in [6.45, 7) is 1.22. The average Bonchev–Trinajstić information content (AvgIpc) is 2.45. The molecule has 1 saturated heterocycles. The molecule has 2 rings (SSSR count). The molecule has 0 saturated carbocycles. The molecule has 1 aliphatic rings. The molecule has 108 valence electrons. The second-order valence-electron chi connectivity index (χ2n) is 4.76. The van der Waals surface area contributed by atoms with Gasteiger partial charge in [-0.2, -0.15) is 0 Å². The summed E-state index contributed by atoms with van der Waals surface area (Å²) >= 11 is 5.91. The van der Waals surface area contributed by atoms with Crippen LogP contribution in [0, 0.1) is 0 Å². The molecule has 20 heavy (non-hydrogen) atoms. The van der Waals surface area contributed by atoms with Crippen LogP contribution in [0.25, 0.3) is 0 Å². The van der Waals surface area contributed by atoms with Gasteiger partial charge in [0, 0.05) is 18.8 Å². The molecule has 1 aromatic rings. The molecule has 1 aliphatic heterocycles. The predicted octanol–water partition coefficient (Wildman–Crippen LogP) is 2.09. The van der Waals surface area contributed by atoms with Gasteiger partial charge in [-0.1, -0.05) is 11.6 Å². The number of likely N-dealkylation sites (tertiary alicyclic amines) is 1. The van der Waals surface area contributed by atoms with E-state index in [2.05, 4.69) is 0 Å². The number of ether oxygens (including phenoxy) is 1. The first-order chi connectivity index (χ1) is 9.58. The highest BCUT2D eigenvalue weighted by atomic mass is 35.5. The van der Waals surface area contributed by atoms with E-state index in [9.17, 15) is 9.59 Å². The lowest BCUT2D eigenvalue weighted by Gasteiger charge is -2.26. The molecule has 0 atom stereocenters. The SMILES string of the molecule is Nc1ccc(C(=O)OCC(=O)N2CCCCC2)c(Cl)c1. The van der Waals surface area contributed by atoms with Gasteiger partial charge in [0.05, 0.1) is 10.6 Å². The number of nitrogen functional groups attached to an aromatic ring is 1. The molecule has 0 bridgehead atoms. The average molecular weight is 297 g/mol. The fourth-order valence-corrected chi connectivity index (χ4v) is 2.40. The molecular weight excluding hydrogens is 280 g/mol. The van der Waals surface area contributed by atoms with Crippen LogP contribution < -0.4 is 5.73 Å². The number of benzene rings is 1. The van der Waals surface area contributed by atoms with Gasteiger partial charge in [0.2, 0.25) is 0 Å². The minimum absolute atomic E-state index is 0.162. The third-order valence-corrected chi connectivity index (χ3v) is 3.56. The lowest BCUT2D eigenvalue weighted by Crippen LogP contribution is -2.38. The summed E-state index contributed by atoms with van der Waals surface area (Å²) in [7, 11) is 0. The predicted molar refractivity (Wildman–Crippen MR) is 76.6 cm³/mol. The van der Waals surface area contributed by atoms with Gasteiger partial charge < -0.3 is 15.4 Å². The minimum Gasteiger partial charge on any atom is -0.452 e. The van der Waals surface area contributed by atoms with Gasteiger partial charge in [0.25, 0.3) is 5.91 Å². The summed E-state index contributed by atoms with van der Waals surface area (Å²) in [4.78, 5) is 25.4. The van der Waals surface area contributed by atoms with Crippen molar-refractivity contribution < 1.29 is 14.3 Å². The third-order valence-electron chi connectivity index (χ3n) is 3.25. The van der Waals surface area contributed by atoms with Crippen LogP contribution in [-0.4, -0.2) is 36.5 Å². The molecule has 0 unspecified atom stereocenters. The second kappa shape index (κ2) is 6.61. The highest BCUT2D eigenvalue weighted by Gasteiger charge is 2.19. The molecule has 1 aromatic carbocycles. The normalized spacial score (nSPS) is 14.9. The molecule has 5 nitrogen and oxygen atoms in total. The molecule has 0 radical (unpaired) electrons. The molecule has 2 N–H and O–H groups in total. The van der Waals surface area contributed by atoms with Gasteiger partial charge in [-0.15, -0.1) is 0 Å². The Hall–Kier alpha value is -1.75. The van der Waals surface area contributed by atoms with E-state index in [0.717, 1.165) is 32.4 Å². The van der Waals surface area contributed by atoms with Crippen LogP contribution in [0.2, 0.25) is 5.02 Å². The Labute approximate surface area is 122 Å². The number of amides is 1. The van der Waals surface area contributed by atoms with E-state index >= 15 is 0 Å². The molecular formula is C14H17ClN2O3. The lowest BCUT2D eigenvalue weighted by atomic mass is 10.1. The van der Waals surface area contributed by atoms with Gasteiger partial charge in [0.15, 0.2) is 6.61 Å². The van der Waals surface area contributed by atoms with Crippen LogP contribution in [0.5, 0.6) is 0 Å². The molecule has 1 fully saturated rings. The Bertz CT molecular complexity index is 513. The number of halogens is 1. The van der Waals surface area contributed by atoms with Crippen LogP contribution in [-0.2, 0) is 9.53 Å². The summed E-state index contributed by atoms with van der Waals surface area (Å²) in [5, 5.41) is 0.223. The quantitative estimate of drug-likeness (QED) is 0.685. The number of hydrogen-bond acceptors (Lipinski definition) is 4. The van der Waals surface area contributed by atoms with Crippen molar-refractivity contribution in [3.05, 3.63) is 28.8 Å². The topological polar surface area (TPSA) is 72.6 Å². The van der Waals surface area contributed by atoms with E-state index in [1.54, 1.807) is 11.0 Å². The van der Waals surface area contributed by atoms with E-state index in [4.69, 9.17) is 22.1 Å². The Morgan fingerprint density at radius 3 is 2.60 bits per heavy atom. The molecule has 1 amide bonds. The number of hydrogen-bond donors (Lipinski definition) is 1. The molecule has 0 spiro atoms. The highest BCUT2D eigenvalue weighted by Crippen LogP contribution is 2.20. The molecule has 0 aromatic heterocycles. The smallest absolute Gasteiger partial charge is 0.340 e. The Kier molecular flexibility index (Phi) is 4.84. The Morgan fingerprint density at radius 2 is 1.95 bits per heavy atom. The van der Waals surface area contributed by atoms with E-state index in [1.807, 2.05) is 0 Å². The van der Waals surface area contributed by atoms with Gasteiger partial charge in [-0.3, -0.25) is 4.79 Å². The van der Waals surface area contributed by atoms with Crippen molar-refractivity contribution >= 4 is 29.2 Å². The number of anilines is 1. The number of carbonyl (C=O) groups is 2. The van der Waals surface area contributed by atoms with Crippen LogP contribution in [0.4, 0.5) is 5.69 Å². The number of rotatable bonds is 3. The van der Waals surface area contributed by atoms with Gasteiger partial charge >= 0.3 is 5.97 Å². The summed E-state index contributed by atoms with van der Waals surface area (Å²) in [5.74, 6) is -0.773. The van der Waals surface area contributed by atoms with Crippen LogP contribution in [0.3, 0.4) is 0 Å². The van der Waals surface area contributed by atoms with E-state index in [-0.39, 0.29) is 23.1 Å². The summed E-state index contributed by atoms with van der Waals surface area (Å²) in [6.07, 6.45) is 3.15. The number of nitrogens with zero attached hydrogens (tertiary/aromatic N) is 1. The first kappa shape index (κ1) is 14.7. The Morgan fingerprint density at radius 1 is 1.25 bits per heavy atom. The molecule has 6 heteroatoms. The summed E-state index contributed by atoms with van der Waals surface area (Å²) in [5.41, 5.74) is 6.23. The second-order valence-corrected chi connectivity index (χ2v) is 5.16. The Balaban J connectivity index is 1.89. The van der Waals surface area contributed by atoms with Crippen molar-refractivity contribution in [2.24, 2.45) is 0 Å². The largest absolute Gasteiger partial charge is 0.452 e. The highest BCUT2D eigenvalue weighted by molar-refractivity contribution is 6.33. The van der Waals surface area contributed by atoms with E-state index < -0.39 is 5.97 Å². The molecule has 0 aliphatic carbocycles. The summed E-state index contributed by atoms with van der Waals surface area (Å²) in [6, 6.07) is 4.53. The number of esters is 1. The van der Waals surface area contributed by atoms with E-state index in [1.165, 1.54) is 12.1 Å². The van der Waals surface area contributed by atoms with Crippen molar-refractivity contribution in [2.75, 3.05) is 25.4 Å². The minimum atomic E-state index is -0.611. The van der Waals surface area contributed by atoms with Gasteiger partial charge in [0.1, 0.15) is 0 Å². The van der Waals surface area contributed by atoms with Crippen LogP contribution in [0.15, 0.2) is 18.2 Å². The number of piperidine rings is 1.